The van der Waals surface area contributed by atoms with Crippen LogP contribution in [0.15, 0.2) is 58.3 Å². The molecule has 0 aliphatic rings. The molecule has 25 heavy (non-hydrogen) atoms. The van der Waals surface area contributed by atoms with Crippen molar-refractivity contribution in [1.82, 2.24) is 9.55 Å². The zero-order valence-electron chi connectivity index (χ0n) is 13.2. The molecule has 3 rings (SSSR count). The first-order chi connectivity index (χ1) is 12.0. The topological polar surface area (TPSA) is 70.4 Å². The van der Waals surface area contributed by atoms with Gasteiger partial charge in [-0.1, -0.05) is 17.7 Å². The standard InChI is InChI=1S/C18H14FN3O2S/c1-11-2-6-13(7-3-11)20-10-15-16(23)21-18(25)22(17(15)24)14-8-4-12(19)5-9-14/h2-10,24H,1H3,(H,21,23,25). The Morgan fingerprint density at radius 1 is 1.16 bits per heavy atom. The Bertz CT molecular complexity index is 1050. The van der Waals surface area contributed by atoms with Crippen LogP contribution in [0.1, 0.15) is 11.1 Å². The molecule has 1 heterocycles. The summed E-state index contributed by atoms with van der Waals surface area (Å²) in [7, 11) is 0. The van der Waals surface area contributed by atoms with E-state index in [1.165, 1.54) is 35.0 Å². The first-order valence-corrected chi connectivity index (χ1v) is 7.81. The van der Waals surface area contributed by atoms with Gasteiger partial charge in [-0.15, -0.1) is 0 Å². The van der Waals surface area contributed by atoms with Gasteiger partial charge in [0.05, 0.1) is 11.4 Å². The number of halogens is 1. The summed E-state index contributed by atoms with van der Waals surface area (Å²) in [6.07, 6.45) is 1.27. The highest BCUT2D eigenvalue weighted by Gasteiger charge is 2.12. The summed E-state index contributed by atoms with van der Waals surface area (Å²) in [6.45, 7) is 1.96. The van der Waals surface area contributed by atoms with Crippen LogP contribution in [0.5, 0.6) is 5.88 Å². The summed E-state index contributed by atoms with van der Waals surface area (Å²) in [6, 6.07) is 12.8. The van der Waals surface area contributed by atoms with Gasteiger partial charge in [0.1, 0.15) is 11.4 Å². The second-order valence-corrected chi connectivity index (χ2v) is 5.79. The lowest BCUT2D eigenvalue weighted by molar-refractivity contribution is 0.432. The molecule has 2 N–H and O–H groups in total. The van der Waals surface area contributed by atoms with E-state index in [-0.39, 0.29) is 16.2 Å². The highest BCUT2D eigenvalue weighted by molar-refractivity contribution is 7.71. The number of aromatic nitrogens is 2. The van der Waals surface area contributed by atoms with E-state index in [1.54, 1.807) is 12.1 Å². The lowest BCUT2D eigenvalue weighted by atomic mass is 10.2. The molecule has 0 bridgehead atoms. The van der Waals surface area contributed by atoms with Crippen molar-refractivity contribution in [3.05, 3.63) is 80.6 Å². The molecule has 1 aromatic heterocycles. The van der Waals surface area contributed by atoms with Gasteiger partial charge in [0.25, 0.3) is 5.56 Å². The maximum atomic E-state index is 13.1. The van der Waals surface area contributed by atoms with Crippen LogP contribution in [0, 0.1) is 17.5 Å². The lowest BCUT2D eigenvalue weighted by Crippen LogP contribution is -2.18. The summed E-state index contributed by atoms with van der Waals surface area (Å²) in [5, 5.41) is 10.5. The van der Waals surface area contributed by atoms with E-state index in [2.05, 4.69) is 9.98 Å². The molecule has 0 saturated heterocycles. The van der Waals surface area contributed by atoms with Crippen molar-refractivity contribution in [1.29, 1.82) is 0 Å². The maximum Gasteiger partial charge on any atom is 0.264 e. The molecule has 0 spiro atoms. The normalized spacial score (nSPS) is 11.1. The summed E-state index contributed by atoms with van der Waals surface area (Å²) < 4.78 is 14.4. The molecule has 0 saturated carbocycles. The lowest BCUT2D eigenvalue weighted by Gasteiger charge is -2.11. The van der Waals surface area contributed by atoms with Crippen molar-refractivity contribution in [3.63, 3.8) is 0 Å². The number of aromatic amines is 1. The molecule has 7 heteroatoms. The quantitative estimate of drug-likeness (QED) is 0.555. The number of aliphatic imine (C=N–C) groups is 1. The molecule has 5 nitrogen and oxygen atoms in total. The zero-order chi connectivity index (χ0) is 18.0. The number of benzene rings is 2. The molecule has 126 valence electrons. The zero-order valence-corrected chi connectivity index (χ0v) is 14.0. The second-order valence-electron chi connectivity index (χ2n) is 5.40. The number of aryl methyl sites for hydroxylation is 1. The number of hydrogen-bond acceptors (Lipinski definition) is 4. The van der Waals surface area contributed by atoms with E-state index in [9.17, 15) is 14.3 Å². The van der Waals surface area contributed by atoms with Gasteiger partial charge in [0.2, 0.25) is 5.88 Å². The van der Waals surface area contributed by atoms with Crippen molar-refractivity contribution in [2.24, 2.45) is 4.99 Å². The van der Waals surface area contributed by atoms with Gasteiger partial charge in [-0.05, 0) is 55.5 Å². The van der Waals surface area contributed by atoms with Crippen molar-refractivity contribution in [2.45, 2.75) is 6.92 Å². The minimum absolute atomic E-state index is 0.00148. The largest absolute Gasteiger partial charge is 0.494 e. The molecule has 0 radical (unpaired) electrons. The van der Waals surface area contributed by atoms with Crippen molar-refractivity contribution >= 4 is 24.1 Å². The smallest absolute Gasteiger partial charge is 0.264 e. The summed E-state index contributed by atoms with van der Waals surface area (Å²) in [4.78, 5) is 18.8. The van der Waals surface area contributed by atoms with Crippen molar-refractivity contribution < 1.29 is 9.50 Å². The predicted octanol–water partition coefficient (Wildman–Crippen LogP) is 3.80. The van der Waals surface area contributed by atoms with Crippen LogP contribution in [-0.4, -0.2) is 20.9 Å². The Hall–Kier alpha value is -3.06. The fourth-order valence-electron chi connectivity index (χ4n) is 2.25. The van der Waals surface area contributed by atoms with Gasteiger partial charge >= 0.3 is 0 Å². The number of rotatable bonds is 3. The minimum Gasteiger partial charge on any atom is -0.494 e. The summed E-state index contributed by atoms with van der Waals surface area (Å²) in [5.74, 6) is -0.781. The van der Waals surface area contributed by atoms with E-state index in [4.69, 9.17) is 12.2 Å². The molecule has 0 aliphatic carbocycles. The maximum absolute atomic E-state index is 13.1. The van der Waals surface area contributed by atoms with Crippen molar-refractivity contribution in [2.75, 3.05) is 0 Å². The van der Waals surface area contributed by atoms with Crippen molar-refractivity contribution in [3.8, 4) is 11.6 Å². The third kappa shape index (κ3) is 3.56. The van der Waals surface area contributed by atoms with Gasteiger partial charge in [-0.3, -0.25) is 19.3 Å². The van der Waals surface area contributed by atoms with Crippen LogP contribution < -0.4 is 5.56 Å². The Balaban J connectivity index is 2.10. The monoisotopic (exact) mass is 355 g/mol. The number of nitrogens with zero attached hydrogens (tertiary/aromatic N) is 2. The Kier molecular flexibility index (Phi) is 4.58. The van der Waals surface area contributed by atoms with E-state index in [0.717, 1.165) is 5.56 Å². The van der Waals surface area contributed by atoms with Gasteiger partial charge in [-0.25, -0.2) is 4.39 Å². The first kappa shape index (κ1) is 16.8. The number of aromatic hydroxyl groups is 1. The van der Waals surface area contributed by atoms with Crippen LogP contribution in [0.2, 0.25) is 0 Å². The number of hydrogen-bond donors (Lipinski definition) is 2. The van der Waals surface area contributed by atoms with E-state index >= 15 is 0 Å². The summed E-state index contributed by atoms with van der Waals surface area (Å²) in [5.41, 5.74) is 1.55. The number of H-pyrrole nitrogens is 1. The SMILES string of the molecule is Cc1ccc(N=Cc2c(O)n(-c3ccc(F)cc3)c(=S)[nH]c2=O)cc1. The molecule has 2 aromatic carbocycles. The third-order valence-electron chi connectivity index (χ3n) is 3.58. The van der Waals surface area contributed by atoms with Crippen LogP contribution in [0.25, 0.3) is 5.69 Å². The van der Waals surface area contributed by atoms with E-state index < -0.39 is 11.4 Å². The third-order valence-corrected chi connectivity index (χ3v) is 3.87. The Morgan fingerprint density at radius 3 is 2.44 bits per heavy atom. The Labute approximate surface area is 147 Å². The molecular formula is C18H14FN3O2S. The van der Waals surface area contributed by atoms with Gasteiger partial charge in [0.15, 0.2) is 4.77 Å². The van der Waals surface area contributed by atoms with Crippen LogP contribution in [0.4, 0.5) is 10.1 Å². The molecular weight excluding hydrogens is 341 g/mol. The average Bonchev–Trinajstić information content (AvgIpc) is 2.57. The van der Waals surface area contributed by atoms with Gasteiger partial charge in [0, 0.05) is 6.21 Å². The molecule has 0 fully saturated rings. The van der Waals surface area contributed by atoms with Crippen LogP contribution in [-0.2, 0) is 0 Å². The highest BCUT2D eigenvalue weighted by atomic mass is 32.1. The molecule has 0 amide bonds. The fourth-order valence-corrected chi connectivity index (χ4v) is 2.54. The van der Waals surface area contributed by atoms with E-state index in [1.807, 2.05) is 19.1 Å². The second kappa shape index (κ2) is 6.82. The highest BCUT2D eigenvalue weighted by Crippen LogP contribution is 2.20. The van der Waals surface area contributed by atoms with Gasteiger partial charge in [-0.2, -0.15) is 0 Å². The average molecular weight is 355 g/mol. The number of nitrogens with one attached hydrogen (secondary N) is 1. The van der Waals surface area contributed by atoms with E-state index in [0.29, 0.717) is 11.4 Å². The minimum atomic E-state index is -0.559. The van der Waals surface area contributed by atoms with Crippen LogP contribution in [0.3, 0.4) is 0 Å². The molecule has 0 aliphatic heterocycles. The summed E-state index contributed by atoms with van der Waals surface area (Å²) >= 11 is 5.10. The fraction of sp³-hybridized carbons (Fsp3) is 0.0556. The first-order valence-electron chi connectivity index (χ1n) is 7.40. The predicted molar refractivity (Wildman–Crippen MR) is 97.3 cm³/mol. The molecule has 3 aromatic rings. The molecule has 0 unspecified atom stereocenters. The van der Waals surface area contributed by atoms with Crippen LogP contribution >= 0.6 is 12.2 Å². The Morgan fingerprint density at radius 2 is 1.80 bits per heavy atom. The van der Waals surface area contributed by atoms with Gasteiger partial charge < -0.3 is 5.11 Å². The molecule has 0 atom stereocenters.